The second kappa shape index (κ2) is 2.93. The summed E-state index contributed by atoms with van der Waals surface area (Å²) in [4.78, 5) is 0. The van der Waals surface area contributed by atoms with Crippen LogP contribution in [0.2, 0.25) is 0 Å². The van der Waals surface area contributed by atoms with E-state index in [0.717, 1.165) is 5.58 Å². The van der Waals surface area contributed by atoms with Crippen LogP contribution in [0.15, 0.2) is 28.9 Å². The zero-order valence-electron chi connectivity index (χ0n) is 5.47. The number of hydrogen-bond donors (Lipinski definition) is 0. The Balaban J connectivity index is 2.91. The van der Waals surface area contributed by atoms with Gasteiger partial charge in [-0.2, -0.15) is 0 Å². The van der Waals surface area contributed by atoms with E-state index in [1.807, 2.05) is 12.1 Å². The molecule has 0 N–H and O–H groups in total. The fourth-order valence-electron chi connectivity index (χ4n) is 0.996. The van der Waals surface area contributed by atoms with Gasteiger partial charge in [-0.3, -0.25) is 0 Å². The van der Waals surface area contributed by atoms with Crippen LogP contribution in [-0.2, 0) is 0 Å². The number of benzene rings is 1. The molecule has 2 rings (SSSR count). The molecule has 0 amide bonds. The van der Waals surface area contributed by atoms with Gasteiger partial charge in [0.25, 0.3) is 0 Å². The molecule has 2 aromatic rings. The lowest BCUT2D eigenvalue weighted by Crippen LogP contribution is -1.75. The number of hydrogen-bond acceptors (Lipinski definition) is 1. The molecule has 56 valence electrons. The number of furan rings is 1. The molecule has 11 heavy (non-hydrogen) atoms. The van der Waals surface area contributed by atoms with Crippen LogP contribution in [0.25, 0.3) is 11.0 Å². The minimum absolute atomic E-state index is 0.973. The molecule has 0 radical (unpaired) electrons. The van der Waals surface area contributed by atoms with Crippen molar-refractivity contribution in [1.82, 2.24) is 0 Å². The zero-order valence-corrected chi connectivity index (χ0v) is 9.79. The third-order valence-electron chi connectivity index (χ3n) is 1.49. The first-order valence-corrected chi connectivity index (χ1v) is 5.25. The van der Waals surface area contributed by atoms with Crippen molar-refractivity contribution >= 4 is 56.2 Å². The summed E-state index contributed by atoms with van der Waals surface area (Å²) in [5, 5.41) is 1.20. The van der Waals surface area contributed by atoms with Crippen LogP contribution in [0.1, 0.15) is 0 Å². The van der Waals surface area contributed by atoms with Gasteiger partial charge in [-0.1, -0.05) is 0 Å². The Kier molecular flexibility index (Phi) is 2.09. The van der Waals surface area contributed by atoms with Crippen molar-refractivity contribution in [2.75, 3.05) is 0 Å². The summed E-state index contributed by atoms with van der Waals surface area (Å²) < 4.78 is 7.74. The van der Waals surface area contributed by atoms with Gasteiger partial charge >= 0.3 is 0 Å². The Bertz CT molecular complexity index is 392. The van der Waals surface area contributed by atoms with Gasteiger partial charge in [0, 0.05) is 12.5 Å². The van der Waals surface area contributed by atoms with Gasteiger partial charge in [0.2, 0.25) is 0 Å². The third kappa shape index (κ3) is 1.40. The van der Waals surface area contributed by atoms with Crippen LogP contribution in [0.5, 0.6) is 0 Å². The molecule has 1 nitrogen and oxygen atoms in total. The molecule has 0 aliphatic heterocycles. The van der Waals surface area contributed by atoms with Crippen LogP contribution in [0.4, 0.5) is 0 Å². The second-order valence-corrected chi connectivity index (χ2v) is 4.63. The molecule has 0 saturated carbocycles. The molecule has 0 fully saturated rings. The highest BCUT2D eigenvalue weighted by molar-refractivity contribution is 14.1. The van der Waals surface area contributed by atoms with E-state index in [-0.39, 0.29) is 0 Å². The van der Waals surface area contributed by atoms with Gasteiger partial charge in [-0.05, 0) is 63.4 Å². The molecule has 0 unspecified atom stereocenters. The highest BCUT2D eigenvalue weighted by Gasteiger charge is 2.01. The minimum Gasteiger partial charge on any atom is -0.464 e. The van der Waals surface area contributed by atoms with Gasteiger partial charge in [0.1, 0.15) is 5.58 Å². The average Bonchev–Trinajstić information content (AvgIpc) is 2.34. The molecule has 0 aliphatic rings. The predicted molar refractivity (Wildman–Crippen MR) is 61.6 cm³/mol. The summed E-state index contributed by atoms with van der Waals surface area (Å²) in [6.07, 6.45) is 1.73. The normalized spacial score (nSPS) is 10.7. The quantitative estimate of drug-likeness (QED) is 0.646. The Labute approximate surface area is 91.4 Å². The van der Waals surface area contributed by atoms with E-state index in [2.05, 4.69) is 51.2 Å². The monoisotopic (exact) mass is 370 g/mol. The van der Waals surface area contributed by atoms with E-state index in [9.17, 15) is 0 Å². The number of fused-ring (bicyclic) bond motifs is 1. The third-order valence-corrected chi connectivity index (χ3v) is 3.00. The van der Waals surface area contributed by atoms with E-state index >= 15 is 0 Å². The lowest BCUT2D eigenvalue weighted by Gasteiger charge is -1.93. The van der Waals surface area contributed by atoms with Crippen LogP contribution >= 0.6 is 45.2 Å². The van der Waals surface area contributed by atoms with E-state index in [1.54, 1.807) is 6.26 Å². The molecule has 1 heterocycles. The molecular formula is C8H4I2O. The topological polar surface area (TPSA) is 13.1 Å². The molecule has 1 aromatic heterocycles. The van der Waals surface area contributed by atoms with Crippen molar-refractivity contribution in [3.63, 3.8) is 0 Å². The van der Waals surface area contributed by atoms with Gasteiger partial charge in [-0.25, -0.2) is 0 Å². The summed E-state index contributed by atoms with van der Waals surface area (Å²) >= 11 is 4.60. The van der Waals surface area contributed by atoms with Gasteiger partial charge < -0.3 is 4.42 Å². The standard InChI is InChI=1S/C8H4I2O/c9-5-3-7(10)6-1-2-11-8(6)4-5/h1-4H. The molecule has 0 aliphatic carbocycles. The molecule has 0 spiro atoms. The highest BCUT2D eigenvalue weighted by atomic mass is 127. The van der Waals surface area contributed by atoms with E-state index in [0.29, 0.717) is 0 Å². The summed E-state index contributed by atoms with van der Waals surface area (Å²) in [6, 6.07) is 6.17. The second-order valence-electron chi connectivity index (χ2n) is 2.22. The molecular weight excluding hydrogens is 366 g/mol. The van der Waals surface area contributed by atoms with Crippen molar-refractivity contribution < 1.29 is 4.42 Å². The van der Waals surface area contributed by atoms with Crippen molar-refractivity contribution in [3.8, 4) is 0 Å². The maximum atomic E-state index is 5.27. The van der Waals surface area contributed by atoms with Gasteiger partial charge in [0.15, 0.2) is 0 Å². The molecule has 0 bridgehead atoms. The van der Waals surface area contributed by atoms with E-state index in [1.165, 1.54) is 12.5 Å². The molecule has 3 heteroatoms. The molecule has 0 saturated heterocycles. The Morgan fingerprint density at radius 1 is 1.18 bits per heavy atom. The fraction of sp³-hybridized carbons (Fsp3) is 0. The first-order valence-electron chi connectivity index (χ1n) is 3.09. The van der Waals surface area contributed by atoms with E-state index in [4.69, 9.17) is 4.42 Å². The molecule has 0 atom stereocenters. The average molecular weight is 370 g/mol. The lowest BCUT2D eigenvalue weighted by atomic mass is 10.3. The van der Waals surface area contributed by atoms with Crippen LogP contribution < -0.4 is 0 Å². The van der Waals surface area contributed by atoms with Gasteiger partial charge in [-0.15, -0.1) is 0 Å². The highest BCUT2D eigenvalue weighted by Crippen LogP contribution is 2.24. The smallest absolute Gasteiger partial charge is 0.135 e. The van der Waals surface area contributed by atoms with Crippen LogP contribution in [-0.4, -0.2) is 0 Å². The first-order chi connectivity index (χ1) is 5.27. The van der Waals surface area contributed by atoms with E-state index < -0.39 is 0 Å². The maximum Gasteiger partial charge on any atom is 0.135 e. The zero-order chi connectivity index (χ0) is 7.84. The lowest BCUT2D eigenvalue weighted by molar-refractivity contribution is 0.615. The van der Waals surface area contributed by atoms with Gasteiger partial charge in [0.05, 0.1) is 6.26 Å². The van der Waals surface area contributed by atoms with Crippen LogP contribution in [0, 0.1) is 7.14 Å². The Morgan fingerprint density at radius 3 is 2.82 bits per heavy atom. The number of rotatable bonds is 0. The largest absolute Gasteiger partial charge is 0.464 e. The van der Waals surface area contributed by atoms with Crippen molar-refractivity contribution in [2.45, 2.75) is 0 Å². The SMILES string of the molecule is Ic1cc(I)c2ccoc2c1. The van der Waals surface area contributed by atoms with Crippen molar-refractivity contribution in [3.05, 3.63) is 31.6 Å². The first kappa shape index (κ1) is 7.85. The summed E-state index contributed by atoms with van der Waals surface area (Å²) in [6.45, 7) is 0. The van der Waals surface area contributed by atoms with Crippen molar-refractivity contribution in [1.29, 1.82) is 0 Å². The summed E-state index contributed by atoms with van der Waals surface area (Å²) in [5.74, 6) is 0. The van der Waals surface area contributed by atoms with Crippen molar-refractivity contribution in [2.24, 2.45) is 0 Å². The number of halogens is 2. The summed E-state index contributed by atoms with van der Waals surface area (Å²) in [5.41, 5.74) is 0.973. The predicted octanol–water partition coefficient (Wildman–Crippen LogP) is 3.64. The Morgan fingerprint density at radius 2 is 2.00 bits per heavy atom. The maximum absolute atomic E-state index is 5.27. The fourth-order valence-corrected chi connectivity index (χ4v) is 2.97. The van der Waals surface area contributed by atoms with Crippen LogP contribution in [0.3, 0.4) is 0 Å². The summed E-state index contributed by atoms with van der Waals surface area (Å²) in [7, 11) is 0. The minimum atomic E-state index is 0.973. The molecule has 1 aromatic carbocycles. The Hall–Kier alpha value is 0.220.